The van der Waals surface area contributed by atoms with Gasteiger partial charge in [-0.15, -0.1) is 28.1 Å². The second kappa shape index (κ2) is 10.3. The van der Waals surface area contributed by atoms with E-state index in [4.69, 9.17) is 9.47 Å². The number of hydrogen-bond donors (Lipinski definition) is 1. The minimum Gasteiger partial charge on any atom is -0.497 e. The summed E-state index contributed by atoms with van der Waals surface area (Å²) in [5.74, 6) is 2.00. The second-order valence-electron chi connectivity index (χ2n) is 6.26. The molecule has 3 rings (SSSR count). The van der Waals surface area contributed by atoms with Crippen LogP contribution in [0.3, 0.4) is 0 Å². The lowest BCUT2D eigenvalue weighted by atomic mass is 10.2. The largest absolute Gasteiger partial charge is 0.497 e. The van der Waals surface area contributed by atoms with E-state index >= 15 is 0 Å². The van der Waals surface area contributed by atoms with Gasteiger partial charge < -0.3 is 14.8 Å². The topological polar surface area (TPSA) is 78.3 Å². The molecule has 0 radical (unpaired) electrons. The summed E-state index contributed by atoms with van der Waals surface area (Å²) in [7, 11) is 3.13. The maximum absolute atomic E-state index is 12.5. The first-order chi connectivity index (χ1) is 14.6. The molecule has 0 unspecified atom stereocenters. The van der Waals surface area contributed by atoms with E-state index in [-0.39, 0.29) is 11.7 Å². The van der Waals surface area contributed by atoms with Gasteiger partial charge in [0.25, 0.3) is 0 Å². The molecule has 0 aliphatic heterocycles. The smallest absolute Gasteiger partial charge is 0.234 e. The summed E-state index contributed by atoms with van der Waals surface area (Å²) in [5.41, 5.74) is 1.62. The molecule has 7 nitrogen and oxygen atoms in total. The van der Waals surface area contributed by atoms with Gasteiger partial charge in [-0.1, -0.05) is 24.8 Å². The summed E-state index contributed by atoms with van der Waals surface area (Å²) >= 11 is 3.04. The highest BCUT2D eigenvalue weighted by Gasteiger charge is 2.17. The van der Waals surface area contributed by atoms with Crippen molar-refractivity contribution in [2.75, 3.05) is 25.3 Å². The standard InChI is InChI=1S/C21H24N4O3S2/c1-5-9-25-20(14-10-16(6-2)29-12-14)23-24-21(25)30-13-19(26)22-17-8-7-15(27-3)11-18(17)28-4/h5,7-8,10-12H,1,6,9,13H2,2-4H3,(H,22,26). The van der Waals surface area contributed by atoms with Crippen LogP contribution in [-0.4, -0.2) is 40.6 Å². The molecule has 0 aliphatic carbocycles. The third kappa shape index (κ3) is 5.03. The Morgan fingerprint density at radius 2 is 2.13 bits per heavy atom. The summed E-state index contributed by atoms with van der Waals surface area (Å²) in [6.07, 6.45) is 2.78. The minimum absolute atomic E-state index is 0.165. The predicted octanol–water partition coefficient (Wildman–Crippen LogP) is 4.50. The molecule has 0 bridgehead atoms. The zero-order valence-corrected chi connectivity index (χ0v) is 18.8. The van der Waals surface area contributed by atoms with Crippen molar-refractivity contribution in [3.8, 4) is 22.9 Å². The third-order valence-corrected chi connectivity index (χ3v) is 6.35. The summed E-state index contributed by atoms with van der Waals surface area (Å²) in [5, 5.41) is 14.3. The Balaban J connectivity index is 1.71. The number of benzene rings is 1. The molecule has 1 aromatic carbocycles. The van der Waals surface area contributed by atoms with Crippen LogP contribution in [0.2, 0.25) is 0 Å². The molecule has 2 heterocycles. The zero-order chi connectivity index (χ0) is 21.5. The first-order valence-corrected chi connectivity index (χ1v) is 11.2. The van der Waals surface area contributed by atoms with Crippen LogP contribution in [0.1, 0.15) is 11.8 Å². The molecule has 0 atom stereocenters. The molecule has 3 aromatic rings. The zero-order valence-electron chi connectivity index (χ0n) is 17.2. The SMILES string of the molecule is C=CCn1c(SCC(=O)Nc2ccc(OC)cc2OC)nnc1-c1csc(CC)c1. The quantitative estimate of drug-likeness (QED) is 0.366. The van der Waals surface area contributed by atoms with E-state index in [0.29, 0.717) is 28.9 Å². The van der Waals surface area contributed by atoms with Gasteiger partial charge in [0.05, 0.1) is 25.7 Å². The van der Waals surface area contributed by atoms with E-state index in [1.54, 1.807) is 49.8 Å². The van der Waals surface area contributed by atoms with Crippen molar-refractivity contribution in [2.45, 2.75) is 25.0 Å². The van der Waals surface area contributed by atoms with E-state index in [1.165, 1.54) is 16.6 Å². The number of hydrogen-bond acceptors (Lipinski definition) is 7. The lowest BCUT2D eigenvalue weighted by Gasteiger charge is -2.11. The number of ether oxygens (including phenoxy) is 2. The maximum Gasteiger partial charge on any atom is 0.234 e. The van der Waals surface area contributed by atoms with E-state index in [2.05, 4.69) is 40.5 Å². The fourth-order valence-electron chi connectivity index (χ4n) is 2.80. The summed E-state index contributed by atoms with van der Waals surface area (Å²) in [6, 6.07) is 7.37. The van der Waals surface area contributed by atoms with Crippen molar-refractivity contribution in [3.05, 3.63) is 47.2 Å². The van der Waals surface area contributed by atoms with Gasteiger partial charge in [-0.3, -0.25) is 9.36 Å². The summed E-state index contributed by atoms with van der Waals surface area (Å²) in [6.45, 7) is 6.52. The number of carbonyl (C=O) groups excluding carboxylic acids is 1. The number of carbonyl (C=O) groups is 1. The second-order valence-corrected chi connectivity index (χ2v) is 8.20. The van der Waals surface area contributed by atoms with Gasteiger partial charge in [0, 0.05) is 28.4 Å². The normalized spacial score (nSPS) is 10.6. The third-order valence-electron chi connectivity index (χ3n) is 4.30. The Hall–Kier alpha value is -2.78. The molecule has 1 N–H and O–H groups in total. The van der Waals surface area contributed by atoms with Gasteiger partial charge in [0.1, 0.15) is 11.5 Å². The van der Waals surface area contributed by atoms with Crippen LogP contribution < -0.4 is 14.8 Å². The first-order valence-electron chi connectivity index (χ1n) is 9.36. The Labute approximate surface area is 184 Å². The van der Waals surface area contributed by atoms with Crippen molar-refractivity contribution >= 4 is 34.7 Å². The number of thioether (sulfide) groups is 1. The van der Waals surface area contributed by atoms with E-state index in [0.717, 1.165) is 17.8 Å². The number of aryl methyl sites for hydroxylation is 1. The maximum atomic E-state index is 12.5. The number of allylic oxidation sites excluding steroid dienone is 1. The number of methoxy groups -OCH3 is 2. The molecular formula is C21H24N4O3S2. The molecule has 0 spiro atoms. The molecule has 30 heavy (non-hydrogen) atoms. The lowest BCUT2D eigenvalue weighted by Crippen LogP contribution is -2.15. The molecule has 0 saturated carbocycles. The number of rotatable bonds is 10. The van der Waals surface area contributed by atoms with Gasteiger partial charge in [0.15, 0.2) is 11.0 Å². The van der Waals surface area contributed by atoms with Crippen molar-refractivity contribution < 1.29 is 14.3 Å². The molecule has 0 fully saturated rings. The Morgan fingerprint density at radius 1 is 1.30 bits per heavy atom. The molecule has 1 amide bonds. The van der Waals surface area contributed by atoms with E-state index < -0.39 is 0 Å². The molecule has 0 saturated heterocycles. The Morgan fingerprint density at radius 3 is 2.80 bits per heavy atom. The van der Waals surface area contributed by atoms with Crippen LogP contribution in [0.4, 0.5) is 5.69 Å². The number of anilines is 1. The number of thiophene rings is 1. The van der Waals surface area contributed by atoms with Gasteiger partial charge in [-0.2, -0.15) is 0 Å². The monoisotopic (exact) mass is 444 g/mol. The van der Waals surface area contributed by atoms with E-state index in [1.807, 2.05) is 4.57 Å². The van der Waals surface area contributed by atoms with Crippen LogP contribution in [-0.2, 0) is 17.8 Å². The molecule has 158 valence electrons. The van der Waals surface area contributed by atoms with Crippen molar-refractivity contribution in [1.82, 2.24) is 14.8 Å². The van der Waals surface area contributed by atoms with Crippen molar-refractivity contribution in [2.24, 2.45) is 0 Å². The summed E-state index contributed by atoms with van der Waals surface area (Å²) < 4.78 is 12.5. The van der Waals surface area contributed by atoms with Crippen LogP contribution in [0.5, 0.6) is 11.5 Å². The Kier molecular flexibility index (Phi) is 7.53. The lowest BCUT2D eigenvalue weighted by molar-refractivity contribution is -0.113. The van der Waals surface area contributed by atoms with Crippen molar-refractivity contribution in [3.63, 3.8) is 0 Å². The molecule has 2 aromatic heterocycles. The highest BCUT2D eigenvalue weighted by molar-refractivity contribution is 7.99. The fourth-order valence-corrected chi connectivity index (χ4v) is 4.37. The van der Waals surface area contributed by atoms with Gasteiger partial charge in [0.2, 0.25) is 5.91 Å². The molecule has 0 aliphatic rings. The highest BCUT2D eigenvalue weighted by Crippen LogP contribution is 2.30. The Bertz CT molecular complexity index is 1030. The van der Waals surface area contributed by atoms with Gasteiger partial charge >= 0.3 is 0 Å². The van der Waals surface area contributed by atoms with Crippen LogP contribution in [0, 0.1) is 0 Å². The van der Waals surface area contributed by atoms with Gasteiger partial charge in [-0.25, -0.2) is 0 Å². The summed E-state index contributed by atoms with van der Waals surface area (Å²) in [4.78, 5) is 13.8. The average Bonchev–Trinajstić information content (AvgIpc) is 3.39. The highest BCUT2D eigenvalue weighted by atomic mass is 32.2. The number of nitrogens with one attached hydrogen (secondary N) is 1. The average molecular weight is 445 g/mol. The van der Waals surface area contributed by atoms with Crippen molar-refractivity contribution in [1.29, 1.82) is 0 Å². The minimum atomic E-state index is -0.165. The molecular weight excluding hydrogens is 420 g/mol. The predicted molar refractivity (Wildman–Crippen MR) is 122 cm³/mol. The van der Waals surface area contributed by atoms with Crippen LogP contribution in [0.25, 0.3) is 11.4 Å². The molecule has 9 heteroatoms. The number of nitrogens with zero attached hydrogens (tertiary/aromatic N) is 3. The number of aromatic nitrogens is 3. The first kappa shape index (κ1) is 21.9. The van der Waals surface area contributed by atoms with Crippen LogP contribution >= 0.6 is 23.1 Å². The van der Waals surface area contributed by atoms with Crippen LogP contribution in [0.15, 0.2) is 47.5 Å². The van der Waals surface area contributed by atoms with Gasteiger partial charge in [-0.05, 0) is 24.6 Å². The fraction of sp³-hybridized carbons (Fsp3) is 0.286. The van der Waals surface area contributed by atoms with E-state index in [9.17, 15) is 4.79 Å². The number of amides is 1.